The zero-order valence-corrected chi connectivity index (χ0v) is 14.8. The van der Waals surface area contributed by atoms with Crippen molar-refractivity contribution in [2.75, 3.05) is 7.11 Å². The lowest BCUT2D eigenvalue weighted by Gasteiger charge is -2.13. The number of ether oxygens (including phenoxy) is 2. The van der Waals surface area contributed by atoms with Crippen LogP contribution in [0.1, 0.15) is 12.8 Å². The van der Waals surface area contributed by atoms with E-state index in [9.17, 15) is 9.18 Å². The predicted octanol–water partition coefficient (Wildman–Crippen LogP) is 2.97. The van der Waals surface area contributed by atoms with Gasteiger partial charge in [-0.2, -0.15) is 4.98 Å². The van der Waals surface area contributed by atoms with Crippen LogP contribution < -0.4 is 14.8 Å². The first-order valence-corrected chi connectivity index (χ1v) is 8.22. The van der Waals surface area contributed by atoms with Crippen molar-refractivity contribution >= 4 is 5.91 Å². The molecule has 0 aliphatic heterocycles. The fourth-order valence-corrected chi connectivity index (χ4v) is 2.26. The molecule has 0 fully saturated rings. The van der Waals surface area contributed by atoms with Crippen LogP contribution in [0.3, 0.4) is 0 Å². The number of nitrogens with zero attached hydrogens (tertiary/aromatic N) is 2. The summed E-state index contributed by atoms with van der Waals surface area (Å²) in [5.74, 6) is 1.08. The van der Waals surface area contributed by atoms with Crippen LogP contribution in [0.5, 0.6) is 11.5 Å². The molecule has 0 saturated heterocycles. The van der Waals surface area contributed by atoms with Crippen LogP contribution in [0.4, 0.5) is 4.39 Å². The second-order valence-electron chi connectivity index (χ2n) is 5.67. The summed E-state index contributed by atoms with van der Waals surface area (Å²) >= 11 is 0. The van der Waals surface area contributed by atoms with E-state index in [1.54, 1.807) is 26.2 Å². The van der Waals surface area contributed by atoms with Crippen LogP contribution in [0, 0.1) is 5.82 Å². The van der Waals surface area contributed by atoms with E-state index < -0.39 is 6.10 Å². The Hall–Kier alpha value is -3.42. The fourth-order valence-electron chi connectivity index (χ4n) is 2.26. The van der Waals surface area contributed by atoms with Gasteiger partial charge in [0.05, 0.1) is 13.7 Å². The van der Waals surface area contributed by atoms with Crippen molar-refractivity contribution in [3.63, 3.8) is 0 Å². The second kappa shape index (κ2) is 8.31. The second-order valence-corrected chi connectivity index (χ2v) is 5.67. The summed E-state index contributed by atoms with van der Waals surface area (Å²) in [7, 11) is 1.59. The minimum Gasteiger partial charge on any atom is -0.497 e. The zero-order chi connectivity index (χ0) is 19.2. The van der Waals surface area contributed by atoms with Crippen molar-refractivity contribution in [1.82, 2.24) is 15.5 Å². The molecule has 2 aromatic carbocycles. The van der Waals surface area contributed by atoms with Crippen LogP contribution in [0.25, 0.3) is 11.4 Å². The SMILES string of the molecule is COc1ccc(-c2noc(CNC(=O)[C@@H](C)Oc3ccc(F)cc3)n2)cc1. The van der Waals surface area contributed by atoms with Crippen molar-refractivity contribution in [3.8, 4) is 22.9 Å². The van der Waals surface area contributed by atoms with Gasteiger partial charge in [0.1, 0.15) is 17.3 Å². The Bertz CT molecular complexity index is 894. The lowest BCUT2D eigenvalue weighted by molar-refractivity contribution is -0.127. The first-order chi connectivity index (χ1) is 13.0. The van der Waals surface area contributed by atoms with Gasteiger partial charge in [-0.3, -0.25) is 4.79 Å². The number of hydrogen-bond acceptors (Lipinski definition) is 6. The number of rotatable bonds is 7. The minimum atomic E-state index is -0.764. The van der Waals surface area contributed by atoms with Crippen LogP contribution in [0.2, 0.25) is 0 Å². The average Bonchev–Trinajstić information content (AvgIpc) is 3.17. The van der Waals surface area contributed by atoms with Crippen molar-refractivity contribution < 1.29 is 23.2 Å². The maximum atomic E-state index is 12.9. The van der Waals surface area contributed by atoms with Gasteiger partial charge in [-0.25, -0.2) is 4.39 Å². The van der Waals surface area contributed by atoms with Crippen LogP contribution >= 0.6 is 0 Å². The number of aromatic nitrogens is 2. The Morgan fingerprint density at radius 1 is 1.15 bits per heavy atom. The molecular weight excluding hydrogens is 353 g/mol. The van der Waals surface area contributed by atoms with E-state index in [-0.39, 0.29) is 24.2 Å². The molecule has 0 aliphatic carbocycles. The molecule has 140 valence electrons. The monoisotopic (exact) mass is 371 g/mol. The highest BCUT2D eigenvalue weighted by Gasteiger charge is 2.16. The number of amides is 1. The lowest BCUT2D eigenvalue weighted by atomic mass is 10.2. The van der Waals surface area contributed by atoms with Crippen molar-refractivity contribution in [3.05, 3.63) is 60.2 Å². The molecule has 0 saturated carbocycles. The number of halogens is 1. The molecule has 0 spiro atoms. The van der Waals surface area contributed by atoms with Gasteiger partial charge in [0.15, 0.2) is 6.10 Å². The van der Waals surface area contributed by atoms with Crippen molar-refractivity contribution in [2.45, 2.75) is 19.6 Å². The molecule has 0 unspecified atom stereocenters. The van der Waals surface area contributed by atoms with E-state index >= 15 is 0 Å². The van der Waals surface area contributed by atoms with Crippen LogP contribution in [0.15, 0.2) is 53.1 Å². The molecule has 8 heteroatoms. The maximum absolute atomic E-state index is 12.9. The summed E-state index contributed by atoms with van der Waals surface area (Å²) in [4.78, 5) is 16.4. The molecule has 1 amide bonds. The third-order valence-corrected chi connectivity index (χ3v) is 3.73. The third kappa shape index (κ3) is 4.81. The van der Waals surface area contributed by atoms with E-state index in [1.807, 2.05) is 12.1 Å². The first-order valence-electron chi connectivity index (χ1n) is 8.22. The summed E-state index contributed by atoms with van der Waals surface area (Å²) in [6.45, 7) is 1.66. The Labute approximate surface area is 155 Å². The minimum absolute atomic E-state index is 0.0686. The topological polar surface area (TPSA) is 86.5 Å². The predicted molar refractivity (Wildman–Crippen MR) is 94.6 cm³/mol. The molecule has 3 rings (SSSR count). The van der Waals surface area contributed by atoms with Gasteiger partial charge >= 0.3 is 0 Å². The van der Waals surface area contributed by atoms with E-state index in [4.69, 9.17) is 14.0 Å². The highest BCUT2D eigenvalue weighted by atomic mass is 19.1. The number of carbonyl (C=O) groups is 1. The molecule has 1 atom stereocenters. The van der Waals surface area contributed by atoms with E-state index in [0.717, 1.165) is 11.3 Å². The van der Waals surface area contributed by atoms with Gasteiger partial charge in [-0.1, -0.05) is 5.16 Å². The van der Waals surface area contributed by atoms with E-state index in [2.05, 4.69) is 15.5 Å². The fraction of sp³-hybridized carbons (Fsp3) is 0.211. The highest BCUT2D eigenvalue weighted by Crippen LogP contribution is 2.19. The summed E-state index contributed by atoms with van der Waals surface area (Å²) in [6.07, 6.45) is -0.764. The number of nitrogens with one attached hydrogen (secondary N) is 1. The molecule has 1 heterocycles. The Kier molecular flexibility index (Phi) is 5.65. The normalized spacial score (nSPS) is 11.7. The molecule has 1 N–H and O–H groups in total. The van der Waals surface area contributed by atoms with E-state index in [0.29, 0.717) is 11.6 Å². The highest BCUT2D eigenvalue weighted by molar-refractivity contribution is 5.80. The number of carbonyl (C=O) groups excluding carboxylic acids is 1. The molecule has 1 aromatic heterocycles. The largest absolute Gasteiger partial charge is 0.497 e. The standard InChI is InChI=1S/C19H18FN3O4/c1-12(26-16-9-5-14(20)6-10-16)19(24)21-11-17-22-18(23-27-17)13-3-7-15(25-2)8-4-13/h3-10,12H,11H2,1-2H3,(H,21,24)/t12-/m1/s1. The zero-order valence-electron chi connectivity index (χ0n) is 14.8. The molecule has 3 aromatic rings. The first kappa shape index (κ1) is 18.4. The maximum Gasteiger partial charge on any atom is 0.261 e. The smallest absolute Gasteiger partial charge is 0.261 e. The third-order valence-electron chi connectivity index (χ3n) is 3.73. The van der Waals surface area contributed by atoms with Gasteiger partial charge in [0.2, 0.25) is 11.7 Å². The number of hydrogen-bond donors (Lipinski definition) is 1. The molecule has 27 heavy (non-hydrogen) atoms. The van der Waals surface area contributed by atoms with Gasteiger partial charge in [0.25, 0.3) is 5.91 Å². The van der Waals surface area contributed by atoms with Gasteiger partial charge in [-0.05, 0) is 55.5 Å². The Balaban J connectivity index is 1.54. The molecule has 0 radical (unpaired) electrons. The molecule has 0 bridgehead atoms. The molecule has 0 aliphatic rings. The average molecular weight is 371 g/mol. The van der Waals surface area contributed by atoms with Crippen molar-refractivity contribution in [2.24, 2.45) is 0 Å². The lowest BCUT2D eigenvalue weighted by Crippen LogP contribution is -2.35. The number of benzene rings is 2. The quantitative estimate of drug-likeness (QED) is 0.687. The Morgan fingerprint density at radius 2 is 1.81 bits per heavy atom. The van der Waals surface area contributed by atoms with Gasteiger partial charge in [-0.15, -0.1) is 0 Å². The van der Waals surface area contributed by atoms with Gasteiger partial charge < -0.3 is 19.3 Å². The summed E-state index contributed by atoms with van der Waals surface area (Å²) in [5.41, 5.74) is 0.769. The van der Waals surface area contributed by atoms with Crippen LogP contribution in [-0.4, -0.2) is 29.3 Å². The summed E-state index contributed by atoms with van der Waals surface area (Å²) in [6, 6.07) is 12.6. The number of methoxy groups -OCH3 is 1. The molecule has 7 nitrogen and oxygen atoms in total. The summed E-state index contributed by atoms with van der Waals surface area (Å²) in [5, 5.41) is 6.55. The van der Waals surface area contributed by atoms with Gasteiger partial charge in [0, 0.05) is 5.56 Å². The van der Waals surface area contributed by atoms with Crippen molar-refractivity contribution in [1.29, 1.82) is 0 Å². The molecular formula is C19H18FN3O4. The van der Waals surface area contributed by atoms with Crippen LogP contribution in [-0.2, 0) is 11.3 Å². The summed E-state index contributed by atoms with van der Waals surface area (Å²) < 4.78 is 28.6. The Morgan fingerprint density at radius 3 is 2.48 bits per heavy atom. The van der Waals surface area contributed by atoms with E-state index in [1.165, 1.54) is 24.3 Å².